The van der Waals surface area contributed by atoms with Crippen LogP contribution in [0.3, 0.4) is 0 Å². The molecule has 5 rings (SSSR count). The van der Waals surface area contributed by atoms with Crippen LogP contribution in [0.15, 0.2) is 66.7 Å². The van der Waals surface area contributed by atoms with Crippen molar-refractivity contribution in [3.63, 3.8) is 0 Å². The van der Waals surface area contributed by atoms with Gasteiger partial charge < -0.3 is 19.5 Å². The molecule has 188 valence electrons. The van der Waals surface area contributed by atoms with Gasteiger partial charge in [0, 0.05) is 18.3 Å². The maximum atomic E-state index is 14.0. The van der Waals surface area contributed by atoms with E-state index in [-0.39, 0.29) is 17.9 Å². The largest absolute Gasteiger partial charge is 0.497 e. The van der Waals surface area contributed by atoms with Crippen molar-refractivity contribution in [2.75, 3.05) is 7.11 Å². The van der Waals surface area contributed by atoms with Crippen LogP contribution in [0.1, 0.15) is 55.6 Å². The molecule has 0 radical (unpaired) electrons. The number of rotatable bonds is 6. The number of benzene rings is 2. The summed E-state index contributed by atoms with van der Waals surface area (Å²) in [7, 11) is 1.63. The Balaban J connectivity index is 1.50. The molecule has 6 heteroatoms. The van der Waals surface area contributed by atoms with E-state index in [0.717, 1.165) is 48.3 Å². The predicted molar refractivity (Wildman–Crippen MR) is 141 cm³/mol. The van der Waals surface area contributed by atoms with Gasteiger partial charge in [-0.15, -0.1) is 0 Å². The molecular weight excluding hydrogens is 450 g/mol. The molecule has 0 saturated heterocycles. The Morgan fingerprint density at radius 1 is 0.972 bits per heavy atom. The van der Waals surface area contributed by atoms with Crippen LogP contribution in [0, 0.1) is 5.92 Å². The number of nitrogens with one attached hydrogen (secondary N) is 1. The molecule has 1 aliphatic carbocycles. The molecule has 0 bridgehead atoms. The molecule has 2 aliphatic rings. The molecule has 36 heavy (non-hydrogen) atoms. The van der Waals surface area contributed by atoms with Crippen LogP contribution in [0.4, 0.5) is 0 Å². The van der Waals surface area contributed by atoms with Crippen LogP contribution < -0.4 is 10.1 Å². The van der Waals surface area contributed by atoms with E-state index in [4.69, 9.17) is 4.74 Å². The third kappa shape index (κ3) is 4.52. The first-order valence-corrected chi connectivity index (χ1v) is 12.9. The van der Waals surface area contributed by atoms with E-state index in [1.165, 1.54) is 0 Å². The number of hydrogen-bond acceptors (Lipinski definition) is 3. The van der Waals surface area contributed by atoms with Crippen molar-refractivity contribution < 1.29 is 14.3 Å². The maximum absolute atomic E-state index is 14.0. The summed E-state index contributed by atoms with van der Waals surface area (Å²) in [6, 6.07) is 21.8. The van der Waals surface area contributed by atoms with Gasteiger partial charge in [0.05, 0.1) is 13.7 Å². The van der Waals surface area contributed by atoms with Crippen LogP contribution in [0.5, 0.6) is 5.75 Å². The minimum absolute atomic E-state index is 0.0812. The molecule has 1 atom stereocenters. The summed E-state index contributed by atoms with van der Waals surface area (Å²) in [4.78, 5) is 29.7. The van der Waals surface area contributed by atoms with Crippen molar-refractivity contribution in [3.8, 4) is 17.0 Å². The highest BCUT2D eigenvalue weighted by atomic mass is 16.5. The standard InChI is InChI=1S/C30H35N3O3/c1-21-9-13-24(14-10-21)31-29(35)30(2)20-32-26(23-7-5-4-6-8-23)17-18-27(32)28(34)33(30)19-22-11-15-25(36-3)16-12-22/h4-8,11-12,15-18,21,24H,9-10,13-14,19-20H2,1-3H3,(H,31,35)/t21?,24?,30-/m1/s1. The van der Waals surface area contributed by atoms with Gasteiger partial charge in [0.25, 0.3) is 5.91 Å². The molecule has 6 nitrogen and oxygen atoms in total. The van der Waals surface area contributed by atoms with E-state index in [9.17, 15) is 9.59 Å². The van der Waals surface area contributed by atoms with Gasteiger partial charge in [-0.25, -0.2) is 0 Å². The van der Waals surface area contributed by atoms with E-state index >= 15 is 0 Å². The summed E-state index contributed by atoms with van der Waals surface area (Å²) in [6.07, 6.45) is 4.21. The predicted octanol–water partition coefficient (Wildman–Crippen LogP) is 5.27. The zero-order valence-electron chi connectivity index (χ0n) is 21.4. The second kappa shape index (κ2) is 9.84. The Bertz CT molecular complexity index is 1230. The summed E-state index contributed by atoms with van der Waals surface area (Å²) in [5, 5.41) is 3.32. The van der Waals surface area contributed by atoms with Crippen molar-refractivity contribution >= 4 is 11.8 Å². The number of carbonyl (C=O) groups is 2. The second-order valence-corrected chi connectivity index (χ2v) is 10.5. The molecular formula is C30H35N3O3. The van der Waals surface area contributed by atoms with Gasteiger partial charge in [-0.1, -0.05) is 49.4 Å². The average molecular weight is 486 g/mol. The number of ether oxygens (including phenoxy) is 1. The third-order valence-corrected chi connectivity index (χ3v) is 7.92. The molecule has 1 fully saturated rings. The maximum Gasteiger partial charge on any atom is 0.271 e. The molecule has 3 aromatic rings. The fourth-order valence-corrected chi connectivity index (χ4v) is 5.54. The molecule has 1 saturated carbocycles. The summed E-state index contributed by atoms with van der Waals surface area (Å²) in [6.45, 7) is 4.93. The van der Waals surface area contributed by atoms with Crippen molar-refractivity contribution in [2.24, 2.45) is 5.92 Å². The minimum Gasteiger partial charge on any atom is -0.497 e. The third-order valence-electron chi connectivity index (χ3n) is 7.92. The van der Waals surface area contributed by atoms with Gasteiger partial charge in [0.1, 0.15) is 17.0 Å². The average Bonchev–Trinajstić information content (AvgIpc) is 3.32. The van der Waals surface area contributed by atoms with Crippen LogP contribution in [-0.4, -0.2) is 40.0 Å². The van der Waals surface area contributed by atoms with Gasteiger partial charge in [-0.3, -0.25) is 9.59 Å². The summed E-state index contributed by atoms with van der Waals surface area (Å²) in [5.74, 6) is 1.25. The monoisotopic (exact) mass is 485 g/mol. The highest BCUT2D eigenvalue weighted by Crippen LogP contribution is 2.35. The topological polar surface area (TPSA) is 63.6 Å². The summed E-state index contributed by atoms with van der Waals surface area (Å²) < 4.78 is 7.31. The molecule has 2 heterocycles. The van der Waals surface area contributed by atoms with Crippen molar-refractivity contribution in [2.45, 2.75) is 64.2 Å². The SMILES string of the molecule is COc1ccc(CN2C(=O)c3ccc(-c4ccccc4)n3C[C@]2(C)C(=O)NC2CCC(C)CC2)cc1. The highest BCUT2D eigenvalue weighted by Gasteiger charge is 2.48. The molecule has 1 aliphatic heterocycles. The number of aromatic nitrogens is 1. The lowest BCUT2D eigenvalue weighted by Gasteiger charge is -2.45. The lowest BCUT2D eigenvalue weighted by atomic mass is 9.86. The van der Waals surface area contributed by atoms with E-state index in [1.54, 1.807) is 12.0 Å². The van der Waals surface area contributed by atoms with E-state index in [0.29, 0.717) is 24.7 Å². The number of methoxy groups -OCH3 is 1. The Kier molecular flexibility index (Phi) is 6.61. The van der Waals surface area contributed by atoms with E-state index in [1.807, 2.05) is 78.2 Å². The minimum atomic E-state index is -1.03. The fourth-order valence-electron chi connectivity index (χ4n) is 5.54. The van der Waals surface area contributed by atoms with Crippen LogP contribution in [0.25, 0.3) is 11.3 Å². The number of hydrogen-bond donors (Lipinski definition) is 1. The summed E-state index contributed by atoms with van der Waals surface area (Å²) >= 11 is 0. The van der Waals surface area contributed by atoms with E-state index < -0.39 is 5.54 Å². The number of nitrogens with zero attached hydrogens (tertiary/aromatic N) is 2. The van der Waals surface area contributed by atoms with Crippen molar-refractivity contribution in [3.05, 3.63) is 78.0 Å². The Hall–Kier alpha value is -3.54. The number of amides is 2. The molecule has 2 aromatic carbocycles. The molecule has 1 N–H and O–H groups in total. The summed E-state index contributed by atoms with van der Waals surface area (Å²) in [5.41, 5.74) is 2.52. The lowest BCUT2D eigenvalue weighted by Crippen LogP contribution is -2.64. The van der Waals surface area contributed by atoms with Crippen LogP contribution in [-0.2, 0) is 17.9 Å². The van der Waals surface area contributed by atoms with Gasteiger partial charge in [0.2, 0.25) is 5.91 Å². The first-order valence-electron chi connectivity index (χ1n) is 12.9. The normalized spacial score (nSPS) is 23.8. The second-order valence-electron chi connectivity index (χ2n) is 10.5. The first-order chi connectivity index (χ1) is 17.4. The van der Waals surface area contributed by atoms with Gasteiger partial charge in [-0.2, -0.15) is 0 Å². The van der Waals surface area contributed by atoms with Gasteiger partial charge >= 0.3 is 0 Å². The smallest absolute Gasteiger partial charge is 0.271 e. The quantitative estimate of drug-likeness (QED) is 0.517. The number of fused-ring (bicyclic) bond motifs is 1. The number of carbonyl (C=O) groups excluding carboxylic acids is 2. The molecule has 0 spiro atoms. The molecule has 2 amide bonds. The highest BCUT2D eigenvalue weighted by molar-refractivity contribution is 6.00. The molecule has 0 unspecified atom stereocenters. The van der Waals surface area contributed by atoms with Crippen LogP contribution in [0.2, 0.25) is 0 Å². The van der Waals surface area contributed by atoms with Gasteiger partial charge in [-0.05, 0) is 73.9 Å². The van der Waals surface area contributed by atoms with Crippen molar-refractivity contribution in [1.82, 2.24) is 14.8 Å². The van der Waals surface area contributed by atoms with E-state index in [2.05, 4.69) is 12.2 Å². The van der Waals surface area contributed by atoms with Crippen molar-refractivity contribution in [1.29, 1.82) is 0 Å². The lowest BCUT2D eigenvalue weighted by molar-refractivity contribution is -0.134. The zero-order chi connectivity index (χ0) is 25.3. The Morgan fingerprint density at radius 3 is 2.31 bits per heavy atom. The Labute approximate surface area is 213 Å². The Morgan fingerprint density at radius 2 is 1.64 bits per heavy atom. The molecule has 1 aromatic heterocycles. The van der Waals surface area contributed by atoms with Gasteiger partial charge in [0.15, 0.2) is 0 Å². The first kappa shape index (κ1) is 24.2. The zero-order valence-corrected chi connectivity index (χ0v) is 21.4. The van der Waals surface area contributed by atoms with Crippen LogP contribution >= 0.6 is 0 Å². The fraction of sp³-hybridized carbons (Fsp3) is 0.400.